The minimum Gasteiger partial charge on any atom is -0.459 e. The molecule has 0 spiro atoms. The zero-order valence-corrected chi connectivity index (χ0v) is 10.1. The summed E-state index contributed by atoms with van der Waals surface area (Å²) < 4.78 is 33.3. The van der Waals surface area contributed by atoms with Crippen LogP contribution in [0.5, 0.6) is 11.5 Å². The van der Waals surface area contributed by atoms with Crippen molar-refractivity contribution in [2.75, 3.05) is 0 Å². The van der Waals surface area contributed by atoms with Gasteiger partial charge in [0, 0.05) is 0 Å². The summed E-state index contributed by atoms with van der Waals surface area (Å²) in [7, 11) is 0. The molecule has 64 valence electrons. The summed E-state index contributed by atoms with van der Waals surface area (Å²) in [5.74, 6) is 0.0509. The molecule has 0 aromatic heterocycles. The summed E-state index contributed by atoms with van der Waals surface area (Å²) in [6, 6.07) is 4.56. The molecule has 0 aliphatic carbocycles. The van der Waals surface area contributed by atoms with E-state index in [1.807, 2.05) is 0 Å². The van der Waals surface area contributed by atoms with Gasteiger partial charge >= 0.3 is 57.7 Å². The van der Waals surface area contributed by atoms with E-state index in [-0.39, 0.29) is 62.9 Å². The van der Waals surface area contributed by atoms with Crippen molar-refractivity contribution in [1.29, 1.82) is 0 Å². The summed E-state index contributed by atoms with van der Waals surface area (Å²) in [6.45, 7) is 3.52. The van der Waals surface area contributed by atoms with E-state index in [1.54, 1.807) is 12.1 Å². The molecule has 1 aromatic carbocycles. The monoisotopic (exact) mass is 210 g/mol. The number of rotatable bonds is 0. The Labute approximate surface area is 117 Å². The van der Waals surface area contributed by atoms with Crippen LogP contribution in [0, 0.1) is 6.92 Å². The molecule has 0 amide bonds. The Morgan fingerprint density at radius 3 is 2.54 bits per heavy atom. The molecule has 13 heavy (non-hydrogen) atoms. The van der Waals surface area contributed by atoms with E-state index >= 15 is 0 Å². The van der Waals surface area contributed by atoms with Gasteiger partial charge in [0.25, 0.3) is 0 Å². The van der Waals surface area contributed by atoms with Crippen LogP contribution in [-0.4, -0.2) is 6.29 Å². The molecule has 0 fully saturated rings. The zero-order chi connectivity index (χ0) is 8.77. The molecule has 0 bridgehead atoms. The van der Waals surface area contributed by atoms with Crippen molar-refractivity contribution in [1.82, 2.24) is 0 Å². The molecule has 1 heterocycles. The summed E-state index contributed by atoms with van der Waals surface area (Å²) in [6.07, 6.45) is -3.55. The Kier molecular flexibility index (Phi) is 3.24. The first-order chi connectivity index (χ1) is 5.58. The van der Waals surface area contributed by atoms with Crippen LogP contribution in [0.25, 0.3) is 0 Å². The van der Waals surface area contributed by atoms with Gasteiger partial charge in [-0.1, -0.05) is 0 Å². The third kappa shape index (κ3) is 2.16. The summed E-state index contributed by atoms with van der Waals surface area (Å²) in [5, 5.41) is 0. The van der Waals surface area contributed by atoms with Gasteiger partial charge in [0.1, 0.15) is 5.75 Å². The normalized spacial score (nSPS) is 16.5. The number of hydrogen-bond donors (Lipinski definition) is 0. The van der Waals surface area contributed by atoms with E-state index in [1.165, 1.54) is 6.07 Å². The SMILES string of the molecule is [CH2-]c1cccc2c1OC(F)(F)O2.[K+]. The van der Waals surface area contributed by atoms with Crippen molar-refractivity contribution in [3.05, 3.63) is 30.7 Å². The topological polar surface area (TPSA) is 18.5 Å². The van der Waals surface area contributed by atoms with Crippen LogP contribution in [0.4, 0.5) is 8.78 Å². The zero-order valence-electron chi connectivity index (χ0n) is 7.01. The van der Waals surface area contributed by atoms with Gasteiger partial charge in [-0.05, 0) is 6.07 Å². The largest absolute Gasteiger partial charge is 1.00 e. The maximum Gasteiger partial charge on any atom is 1.00 e. The van der Waals surface area contributed by atoms with E-state index < -0.39 is 6.29 Å². The minimum atomic E-state index is -3.55. The van der Waals surface area contributed by atoms with Gasteiger partial charge in [0.05, 0.1) is 5.75 Å². The molecule has 0 radical (unpaired) electrons. The van der Waals surface area contributed by atoms with Gasteiger partial charge < -0.3 is 9.47 Å². The number of ether oxygens (including phenoxy) is 2. The van der Waals surface area contributed by atoms with Crippen LogP contribution in [-0.2, 0) is 0 Å². The number of benzene rings is 1. The van der Waals surface area contributed by atoms with Gasteiger partial charge in [-0.3, -0.25) is 0 Å². The Balaban J connectivity index is 0.000000845. The van der Waals surface area contributed by atoms with Crippen molar-refractivity contribution in [3.8, 4) is 11.5 Å². The Morgan fingerprint density at radius 2 is 1.92 bits per heavy atom. The van der Waals surface area contributed by atoms with Crippen molar-refractivity contribution in [3.63, 3.8) is 0 Å². The van der Waals surface area contributed by atoms with Crippen molar-refractivity contribution >= 4 is 0 Å². The van der Waals surface area contributed by atoms with Crippen LogP contribution >= 0.6 is 0 Å². The van der Waals surface area contributed by atoms with Crippen LogP contribution in [0.15, 0.2) is 18.2 Å². The fourth-order valence-electron chi connectivity index (χ4n) is 1.03. The number of para-hydroxylation sites is 1. The third-order valence-electron chi connectivity index (χ3n) is 1.51. The van der Waals surface area contributed by atoms with Crippen molar-refractivity contribution < 1.29 is 69.6 Å². The Bertz CT molecular complexity index is 328. The molecule has 5 heteroatoms. The summed E-state index contributed by atoms with van der Waals surface area (Å²) in [5.41, 5.74) is 0.393. The van der Waals surface area contributed by atoms with E-state index in [4.69, 9.17) is 0 Å². The molecule has 0 atom stereocenters. The number of alkyl halides is 2. The minimum absolute atomic E-state index is 0. The standard InChI is InChI=1S/C8H5F2O2.K/c1-5-3-2-4-6-7(5)12-8(9,10)11-6;/h2-4H,1H2;/q-1;+1. The van der Waals surface area contributed by atoms with E-state index in [0.717, 1.165) is 0 Å². The maximum atomic E-state index is 12.4. The van der Waals surface area contributed by atoms with Gasteiger partial charge in [0.2, 0.25) is 0 Å². The Morgan fingerprint density at radius 1 is 1.23 bits per heavy atom. The maximum absolute atomic E-state index is 12.4. The number of hydrogen-bond acceptors (Lipinski definition) is 2. The van der Waals surface area contributed by atoms with Gasteiger partial charge in [0.15, 0.2) is 0 Å². The van der Waals surface area contributed by atoms with Crippen molar-refractivity contribution in [2.24, 2.45) is 0 Å². The smallest absolute Gasteiger partial charge is 0.459 e. The second-order valence-electron chi connectivity index (χ2n) is 2.41. The first-order valence-electron chi connectivity index (χ1n) is 3.29. The number of fused-ring (bicyclic) bond motifs is 1. The molecular formula is C8H5F2KO2. The average molecular weight is 210 g/mol. The first kappa shape index (κ1) is 11.3. The molecule has 0 N–H and O–H groups in total. The second-order valence-corrected chi connectivity index (χ2v) is 2.41. The molecule has 1 aliphatic rings. The summed E-state index contributed by atoms with van der Waals surface area (Å²) >= 11 is 0. The van der Waals surface area contributed by atoms with Crippen molar-refractivity contribution in [2.45, 2.75) is 6.29 Å². The average Bonchev–Trinajstić information content (AvgIpc) is 2.25. The van der Waals surface area contributed by atoms with E-state index in [2.05, 4.69) is 16.4 Å². The molecule has 0 saturated heterocycles. The summed E-state index contributed by atoms with van der Waals surface area (Å²) in [4.78, 5) is 0. The molecule has 1 aliphatic heterocycles. The second kappa shape index (κ2) is 3.74. The van der Waals surface area contributed by atoms with Gasteiger partial charge in [-0.15, -0.1) is 20.4 Å². The molecular weight excluding hydrogens is 205 g/mol. The predicted molar refractivity (Wildman–Crippen MR) is 37.1 cm³/mol. The fourth-order valence-corrected chi connectivity index (χ4v) is 1.03. The van der Waals surface area contributed by atoms with Gasteiger partial charge in [-0.2, -0.15) is 13.0 Å². The number of halogens is 2. The van der Waals surface area contributed by atoms with Crippen LogP contribution in [0.1, 0.15) is 5.56 Å². The Hall–Kier alpha value is 0.186. The van der Waals surface area contributed by atoms with Crippen LogP contribution in [0.3, 0.4) is 0 Å². The molecule has 0 unspecified atom stereocenters. The van der Waals surface area contributed by atoms with E-state index in [9.17, 15) is 8.78 Å². The first-order valence-corrected chi connectivity index (χ1v) is 3.29. The van der Waals surface area contributed by atoms with Crippen LogP contribution in [0.2, 0.25) is 0 Å². The van der Waals surface area contributed by atoms with Crippen LogP contribution < -0.4 is 60.9 Å². The quantitative estimate of drug-likeness (QED) is 0.412. The fraction of sp³-hybridized carbons (Fsp3) is 0.125. The molecule has 2 rings (SSSR count). The molecule has 0 saturated carbocycles. The third-order valence-corrected chi connectivity index (χ3v) is 1.51. The molecule has 2 nitrogen and oxygen atoms in total. The van der Waals surface area contributed by atoms with E-state index in [0.29, 0.717) is 5.56 Å². The molecule has 1 aromatic rings. The predicted octanol–water partition coefficient (Wildman–Crippen LogP) is -0.806. The van der Waals surface area contributed by atoms with Gasteiger partial charge in [-0.25, -0.2) is 0 Å².